The molecule has 0 saturated carbocycles. The molecule has 1 N–H and O–H groups in total. The highest BCUT2D eigenvalue weighted by Gasteiger charge is 2.30. The van der Waals surface area contributed by atoms with E-state index >= 15 is 0 Å². The standard InChI is InChI=1S/C30H32F2N2O9/c1-16(34-29(36)27-28(42-15-41-18(3)35)25(40-6)7-8-33-27)30(37)43-17(2)26(19-9-21(31)13-23(11-19)38-4)20-10-22(32)14-24(12-20)39-5/h7-14,16-17,26H,15H2,1-6H3,(H,34,36)/t16-,17-/m0/s1. The molecule has 13 heteroatoms. The lowest BCUT2D eigenvalue weighted by Crippen LogP contribution is -2.41. The van der Waals surface area contributed by atoms with Crippen molar-refractivity contribution in [2.45, 2.75) is 38.8 Å². The summed E-state index contributed by atoms with van der Waals surface area (Å²) in [6.07, 6.45) is 0.310. The number of hydrogen-bond donors (Lipinski definition) is 1. The number of carbonyl (C=O) groups excluding carboxylic acids is 3. The highest BCUT2D eigenvalue weighted by molar-refractivity contribution is 5.98. The van der Waals surface area contributed by atoms with Crippen molar-refractivity contribution >= 4 is 17.8 Å². The largest absolute Gasteiger partial charge is 0.497 e. The molecule has 1 amide bonds. The van der Waals surface area contributed by atoms with E-state index in [0.717, 1.165) is 0 Å². The van der Waals surface area contributed by atoms with E-state index in [2.05, 4.69) is 10.3 Å². The van der Waals surface area contributed by atoms with Gasteiger partial charge in [-0.3, -0.25) is 9.59 Å². The van der Waals surface area contributed by atoms with Gasteiger partial charge in [-0.05, 0) is 49.2 Å². The third-order valence-electron chi connectivity index (χ3n) is 6.22. The van der Waals surface area contributed by atoms with Crippen LogP contribution in [0.5, 0.6) is 23.0 Å². The predicted octanol–water partition coefficient (Wildman–Crippen LogP) is 4.17. The second-order valence-electron chi connectivity index (χ2n) is 9.25. The topological polar surface area (TPSA) is 132 Å². The van der Waals surface area contributed by atoms with Crippen LogP contribution in [0.4, 0.5) is 8.78 Å². The van der Waals surface area contributed by atoms with Crippen LogP contribution in [0.15, 0.2) is 48.7 Å². The fourth-order valence-electron chi connectivity index (χ4n) is 4.24. The van der Waals surface area contributed by atoms with Gasteiger partial charge in [0.15, 0.2) is 17.2 Å². The fraction of sp³-hybridized carbons (Fsp3) is 0.333. The van der Waals surface area contributed by atoms with Gasteiger partial charge in [-0.1, -0.05) is 0 Å². The molecule has 11 nitrogen and oxygen atoms in total. The number of carbonyl (C=O) groups is 3. The minimum absolute atomic E-state index is 0.113. The van der Waals surface area contributed by atoms with E-state index in [1.165, 1.54) is 71.7 Å². The maximum atomic E-state index is 14.5. The van der Waals surface area contributed by atoms with E-state index in [4.69, 9.17) is 28.4 Å². The van der Waals surface area contributed by atoms with Crippen LogP contribution in [0.3, 0.4) is 0 Å². The molecule has 3 rings (SSSR count). The van der Waals surface area contributed by atoms with Gasteiger partial charge >= 0.3 is 11.9 Å². The number of amides is 1. The Kier molecular flexibility index (Phi) is 11.2. The molecule has 0 fully saturated rings. The van der Waals surface area contributed by atoms with Gasteiger partial charge in [-0.15, -0.1) is 0 Å². The van der Waals surface area contributed by atoms with Gasteiger partial charge in [0.25, 0.3) is 5.91 Å². The maximum Gasteiger partial charge on any atom is 0.328 e. The molecule has 3 aromatic rings. The first kappa shape index (κ1) is 32.6. The molecule has 1 heterocycles. The summed E-state index contributed by atoms with van der Waals surface area (Å²) < 4.78 is 60.5. The van der Waals surface area contributed by atoms with E-state index in [0.29, 0.717) is 11.1 Å². The number of aromatic nitrogens is 1. The number of rotatable bonds is 13. The highest BCUT2D eigenvalue weighted by Crippen LogP contribution is 2.35. The number of methoxy groups -OCH3 is 3. The number of esters is 2. The summed E-state index contributed by atoms with van der Waals surface area (Å²) >= 11 is 0. The van der Waals surface area contributed by atoms with Gasteiger partial charge in [0.2, 0.25) is 6.79 Å². The van der Waals surface area contributed by atoms with Gasteiger partial charge in [-0.25, -0.2) is 18.6 Å². The lowest BCUT2D eigenvalue weighted by atomic mass is 9.86. The Morgan fingerprint density at radius 1 is 0.884 bits per heavy atom. The first-order valence-electron chi connectivity index (χ1n) is 13.0. The van der Waals surface area contributed by atoms with Gasteiger partial charge in [0.1, 0.15) is 35.3 Å². The van der Waals surface area contributed by atoms with Crippen LogP contribution in [0, 0.1) is 11.6 Å². The van der Waals surface area contributed by atoms with Crippen LogP contribution >= 0.6 is 0 Å². The van der Waals surface area contributed by atoms with E-state index in [9.17, 15) is 23.2 Å². The van der Waals surface area contributed by atoms with Crippen LogP contribution in [0.25, 0.3) is 0 Å². The van der Waals surface area contributed by atoms with Crippen molar-refractivity contribution in [3.63, 3.8) is 0 Å². The van der Waals surface area contributed by atoms with Crippen LogP contribution < -0.4 is 24.3 Å². The molecule has 0 saturated heterocycles. The van der Waals surface area contributed by atoms with E-state index in [1.54, 1.807) is 19.1 Å². The quantitative estimate of drug-likeness (QED) is 0.225. The van der Waals surface area contributed by atoms with E-state index in [-0.39, 0.29) is 28.7 Å². The molecule has 0 bridgehead atoms. The summed E-state index contributed by atoms with van der Waals surface area (Å²) in [6.45, 7) is 3.62. The van der Waals surface area contributed by atoms with Crippen molar-refractivity contribution < 1.29 is 51.6 Å². The summed E-state index contributed by atoms with van der Waals surface area (Å²) in [5.74, 6) is -3.90. The molecule has 230 valence electrons. The van der Waals surface area contributed by atoms with Gasteiger partial charge in [0.05, 0.1) is 21.3 Å². The van der Waals surface area contributed by atoms with Crippen molar-refractivity contribution in [1.82, 2.24) is 10.3 Å². The second-order valence-corrected chi connectivity index (χ2v) is 9.25. The Labute approximate surface area is 247 Å². The van der Waals surface area contributed by atoms with E-state index < -0.39 is 54.3 Å². The average molecular weight is 603 g/mol. The summed E-state index contributed by atoms with van der Waals surface area (Å²) in [4.78, 5) is 41.4. The third kappa shape index (κ3) is 8.53. The summed E-state index contributed by atoms with van der Waals surface area (Å²) in [5.41, 5.74) is 0.448. The molecule has 0 aliphatic carbocycles. The van der Waals surface area contributed by atoms with Crippen LogP contribution in [0.1, 0.15) is 48.3 Å². The minimum Gasteiger partial charge on any atom is -0.497 e. The predicted molar refractivity (Wildman–Crippen MR) is 148 cm³/mol. The monoisotopic (exact) mass is 602 g/mol. The summed E-state index contributed by atoms with van der Waals surface area (Å²) in [7, 11) is 4.09. The minimum atomic E-state index is -1.20. The highest BCUT2D eigenvalue weighted by atomic mass is 19.1. The number of hydrogen-bond acceptors (Lipinski definition) is 10. The molecule has 1 aromatic heterocycles. The lowest BCUT2D eigenvalue weighted by molar-refractivity contribution is -0.151. The molecule has 43 heavy (non-hydrogen) atoms. The average Bonchev–Trinajstić information content (AvgIpc) is 2.96. The smallest absolute Gasteiger partial charge is 0.328 e. The number of pyridine rings is 1. The SMILES string of the molecule is COc1cc(F)cc(C(c2cc(F)cc(OC)c2)[C@H](C)OC(=O)[C@H](C)NC(=O)c2nccc(OC)c2OCOC(C)=O)c1. The van der Waals surface area contributed by atoms with Crippen molar-refractivity contribution in [2.75, 3.05) is 28.1 Å². The van der Waals surface area contributed by atoms with Crippen molar-refractivity contribution in [2.24, 2.45) is 0 Å². The zero-order chi connectivity index (χ0) is 31.7. The van der Waals surface area contributed by atoms with Crippen LogP contribution in [-0.2, 0) is 19.1 Å². The Balaban J connectivity index is 1.85. The molecule has 0 aliphatic heterocycles. The van der Waals surface area contributed by atoms with Crippen molar-refractivity contribution in [3.8, 4) is 23.0 Å². The fourth-order valence-corrected chi connectivity index (χ4v) is 4.24. The normalized spacial score (nSPS) is 12.1. The Morgan fingerprint density at radius 2 is 1.47 bits per heavy atom. The summed E-state index contributed by atoms with van der Waals surface area (Å²) in [5, 5.41) is 2.49. The zero-order valence-corrected chi connectivity index (χ0v) is 24.4. The van der Waals surface area contributed by atoms with Gasteiger partial charge < -0.3 is 33.7 Å². The maximum absolute atomic E-state index is 14.5. The summed E-state index contributed by atoms with van der Waals surface area (Å²) in [6, 6.07) is 8.14. The molecule has 0 radical (unpaired) electrons. The first-order chi connectivity index (χ1) is 20.5. The third-order valence-corrected chi connectivity index (χ3v) is 6.22. The molecular weight excluding hydrogens is 570 g/mol. The van der Waals surface area contributed by atoms with E-state index in [1.807, 2.05) is 0 Å². The molecule has 0 spiro atoms. The Bertz CT molecular complexity index is 1410. The Hall–Kier alpha value is -4.94. The number of nitrogens with zero attached hydrogens (tertiary/aromatic N) is 1. The number of ether oxygens (including phenoxy) is 6. The number of halogens is 2. The van der Waals surface area contributed by atoms with Crippen LogP contribution in [-0.4, -0.2) is 63.1 Å². The number of nitrogens with one attached hydrogen (secondary N) is 1. The van der Waals surface area contributed by atoms with Crippen molar-refractivity contribution in [3.05, 3.63) is 77.1 Å². The van der Waals surface area contributed by atoms with Crippen LogP contribution in [0.2, 0.25) is 0 Å². The van der Waals surface area contributed by atoms with Gasteiger partial charge in [0, 0.05) is 37.2 Å². The molecular formula is C30H32F2N2O9. The molecule has 0 aliphatic rings. The second kappa shape index (κ2) is 14.8. The molecule has 2 aromatic carbocycles. The molecule has 0 unspecified atom stereocenters. The van der Waals surface area contributed by atoms with Crippen molar-refractivity contribution in [1.29, 1.82) is 0 Å². The molecule has 2 atom stereocenters. The zero-order valence-electron chi connectivity index (χ0n) is 24.4. The first-order valence-corrected chi connectivity index (χ1v) is 13.0. The number of benzene rings is 2. The Morgan fingerprint density at radius 3 is 1.98 bits per heavy atom. The lowest BCUT2D eigenvalue weighted by Gasteiger charge is -2.27. The van der Waals surface area contributed by atoms with Gasteiger partial charge in [-0.2, -0.15) is 0 Å².